The monoisotopic (exact) mass is 249 g/mol. The van der Waals surface area contributed by atoms with Crippen molar-refractivity contribution in [3.63, 3.8) is 0 Å². The molecule has 94 valence electrons. The average Bonchev–Trinajstić information content (AvgIpc) is 3.01. The van der Waals surface area contributed by atoms with E-state index >= 15 is 0 Å². The molecule has 0 saturated carbocycles. The van der Waals surface area contributed by atoms with Gasteiger partial charge in [-0.15, -0.1) is 0 Å². The topological polar surface area (TPSA) is 36.0 Å². The molecular formula is C17H15NO. The summed E-state index contributed by atoms with van der Waals surface area (Å²) < 4.78 is 0. The molecule has 0 fully saturated rings. The molecule has 19 heavy (non-hydrogen) atoms. The first kappa shape index (κ1) is 10.8. The second-order valence-electron chi connectivity index (χ2n) is 5.22. The summed E-state index contributed by atoms with van der Waals surface area (Å²) in [5.41, 5.74) is 4.80. The molecule has 1 aliphatic carbocycles. The summed E-state index contributed by atoms with van der Waals surface area (Å²) in [4.78, 5) is 3.33. The predicted molar refractivity (Wildman–Crippen MR) is 76.2 cm³/mol. The fourth-order valence-corrected chi connectivity index (χ4v) is 3.29. The Bertz CT molecular complexity index is 744. The van der Waals surface area contributed by atoms with Gasteiger partial charge < -0.3 is 10.1 Å². The summed E-state index contributed by atoms with van der Waals surface area (Å²) in [5.74, 6) is 0.294. The molecule has 2 N–H and O–H groups in total. The first-order valence-electron chi connectivity index (χ1n) is 6.67. The fourth-order valence-electron chi connectivity index (χ4n) is 3.29. The molecule has 0 radical (unpaired) electrons. The second-order valence-corrected chi connectivity index (χ2v) is 5.22. The van der Waals surface area contributed by atoms with Crippen molar-refractivity contribution in [3.05, 3.63) is 71.4 Å². The van der Waals surface area contributed by atoms with E-state index in [1.807, 2.05) is 18.2 Å². The summed E-state index contributed by atoms with van der Waals surface area (Å²) in [7, 11) is 0. The zero-order valence-corrected chi connectivity index (χ0v) is 10.5. The number of rotatable bonds is 1. The molecule has 1 heterocycles. The predicted octanol–water partition coefficient (Wildman–Crippen LogP) is 3.74. The standard InChI is InChI=1S/C17H15NO/c19-17-9-14(11-5-1-2-7-13(11)17)15-10-18-16-8-4-3-6-12(15)16/h1-8,10,14,17-19H,9H2/t14-,17+/m0/s1. The average molecular weight is 249 g/mol. The minimum Gasteiger partial charge on any atom is -0.388 e. The minimum absolute atomic E-state index is 0.294. The molecule has 0 amide bonds. The lowest BCUT2D eigenvalue weighted by molar-refractivity contribution is 0.176. The van der Waals surface area contributed by atoms with E-state index in [2.05, 4.69) is 41.5 Å². The number of aliphatic hydroxyl groups excluding tert-OH is 1. The number of hydrogen-bond donors (Lipinski definition) is 2. The number of hydrogen-bond acceptors (Lipinski definition) is 1. The van der Waals surface area contributed by atoms with Crippen LogP contribution in [0.2, 0.25) is 0 Å². The normalized spacial score (nSPS) is 21.7. The SMILES string of the molecule is O[C@@H]1C[C@H](c2c[nH]c3ccccc23)c2ccccc21. The van der Waals surface area contributed by atoms with Gasteiger partial charge in [-0.1, -0.05) is 42.5 Å². The molecule has 2 atom stereocenters. The summed E-state index contributed by atoms with van der Waals surface area (Å²) in [6.07, 6.45) is 2.53. The summed E-state index contributed by atoms with van der Waals surface area (Å²) in [6, 6.07) is 16.6. The molecule has 0 unspecified atom stereocenters. The van der Waals surface area contributed by atoms with Crippen LogP contribution in [-0.2, 0) is 0 Å². The maximum Gasteiger partial charge on any atom is 0.0802 e. The van der Waals surface area contributed by atoms with Gasteiger partial charge in [0.1, 0.15) is 0 Å². The second kappa shape index (κ2) is 3.97. The van der Waals surface area contributed by atoms with Gasteiger partial charge in [-0.3, -0.25) is 0 Å². The zero-order chi connectivity index (χ0) is 12.8. The van der Waals surface area contributed by atoms with Gasteiger partial charge in [-0.05, 0) is 29.2 Å². The quantitative estimate of drug-likeness (QED) is 0.677. The van der Waals surface area contributed by atoms with E-state index in [1.54, 1.807) is 0 Å². The molecule has 2 heteroatoms. The Morgan fingerprint density at radius 1 is 0.895 bits per heavy atom. The van der Waals surface area contributed by atoms with Gasteiger partial charge in [-0.2, -0.15) is 0 Å². The third-order valence-electron chi connectivity index (χ3n) is 4.19. The van der Waals surface area contributed by atoms with E-state index in [0.29, 0.717) is 5.92 Å². The summed E-state index contributed by atoms with van der Waals surface area (Å²) >= 11 is 0. The van der Waals surface area contributed by atoms with Gasteiger partial charge in [0.25, 0.3) is 0 Å². The largest absolute Gasteiger partial charge is 0.388 e. The van der Waals surface area contributed by atoms with Crippen LogP contribution in [0.4, 0.5) is 0 Å². The number of aromatic nitrogens is 1. The fraction of sp³-hybridized carbons (Fsp3) is 0.176. The molecule has 2 aromatic carbocycles. The molecule has 1 aromatic heterocycles. The Kier molecular flexibility index (Phi) is 2.26. The third kappa shape index (κ3) is 1.53. The number of para-hydroxylation sites is 1. The Labute approximate surface area is 111 Å². The van der Waals surface area contributed by atoms with Crippen LogP contribution in [0.25, 0.3) is 10.9 Å². The lowest BCUT2D eigenvalue weighted by Crippen LogP contribution is -1.95. The van der Waals surface area contributed by atoms with Gasteiger partial charge in [0, 0.05) is 23.0 Å². The van der Waals surface area contributed by atoms with E-state index in [9.17, 15) is 5.11 Å². The molecule has 3 aromatic rings. The van der Waals surface area contributed by atoms with Crippen LogP contribution in [0.3, 0.4) is 0 Å². The summed E-state index contributed by atoms with van der Waals surface area (Å²) in [5, 5.41) is 11.5. The molecule has 0 aliphatic heterocycles. The summed E-state index contributed by atoms with van der Waals surface area (Å²) in [6.45, 7) is 0. The molecule has 0 spiro atoms. The van der Waals surface area contributed by atoms with E-state index in [-0.39, 0.29) is 6.10 Å². The van der Waals surface area contributed by atoms with Crippen molar-refractivity contribution >= 4 is 10.9 Å². The Morgan fingerprint density at radius 2 is 1.63 bits per heavy atom. The van der Waals surface area contributed by atoms with Gasteiger partial charge in [-0.25, -0.2) is 0 Å². The Morgan fingerprint density at radius 3 is 2.53 bits per heavy atom. The molecule has 0 bridgehead atoms. The van der Waals surface area contributed by atoms with E-state index in [1.165, 1.54) is 16.5 Å². The first-order valence-corrected chi connectivity index (χ1v) is 6.67. The lowest BCUT2D eigenvalue weighted by atomic mass is 9.93. The zero-order valence-electron chi connectivity index (χ0n) is 10.5. The number of nitrogens with one attached hydrogen (secondary N) is 1. The van der Waals surface area contributed by atoms with E-state index in [4.69, 9.17) is 0 Å². The molecule has 1 aliphatic rings. The number of benzene rings is 2. The van der Waals surface area contributed by atoms with Crippen LogP contribution < -0.4 is 0 Å². The third-order valence-corrected chi connectivity index (χ3v) is 4.19. The maximum atomic E-state index is 10.2. The highest BCUT2D eigenvalue weighted by molar-refractivity contribution is 5.84. The van der Waals surface area contributed by atoms with Crippen molar-refractivity contribution in [1.29, 1.82) is 0 Å². The van der Waals surface area contributed by atoms with Gasteiger partial charge in [0.15, 0.2) is 0 Å². The highest BCUT2D eigenvalue weighted by Crippen LogP contribution is 2.45. The van der Waals surface area contributed by atoms with Crippen molar-refractivity contribution in [2.45, 2.75) is 18.4 Å². The smallest absolute Gasteiger partial charge is 0.0802 e. The van der Waals surface area contributed by atoms with Crippen molar-refractivity contribution < 1.29 is 5.11 Å². The van der Waals surface area contributed by atoms with Gasteiger partial charge in [0.2, 0.25) is 0 Å². The Balaban J connectivity index is 1.90. The van der Waals surface area contributed by atoms with Crippen molar-refractivity contribution in [2.75, 3.05) is 0 Å². The van der Waals surface area contributed by atoms with E-state index in [0.717, 1.165) is 17.5 Å². The Hall–Kier alpha value is -2.06. The number of H-pyrrole nitrogens is 1. The number of aromatic amines is 1. The van der Waals surface area contributed by atoms with Crippen LogP contribution in [0.15, 0.2) is 54.7 Å². The number of fused-ring (bicyclic) bond motifs is 2. The highest BCUT2D eigenvalue weighted by Gasteiger charge is 2.31. The van der Waals surface area contributed by atoms with Crippen LogP contribution in [0.1, 0.15) is 35.1 Å². The van der Waals surface area contributed by atoms with Gasteiger partial charge >= 0.3 is 0 Å². The van der Waals surface area contributed by atoms with Crippen LogP contribution in [0.5, 0.6) is 0 Å². The maximum absolute atomic E-state index is 10.2. The molecule has 4 rings (SSSR count). The van der Waals surface area contributed by atoms with Crippen molar-refractivity contribution in [1.82, 2.24) is 4.98 Å². The van der Waals surface area contributed by atoms with E-state index < -0.39 is 0 Å². The van der Waals surface area contributed by atoms with Crippen LogP contribution >= 0.6 is 0 Å². The minimum atomic E-state index is -0.338. The van der Waals surface area contributed by atoms with Crippen LogP contribution in [0, 0.1) is 0 Å². The van der Waals surface area contributed by atoms with Gasteiger partial charge in [0.05, 0.1) is 6.10 Å². The molecular weight excluding hydrogens is 234 g/mol. The van der Waals surface area contributed by atoms with Crippen LogP contribution in [-0.4, -0.2) is 10.1 Å². The lowest BCUT2D eigenvalue weighted by Gasteiger charge is -2.10. The number of aliphatic hydroxyl groups is 1. The molecule has 0 saturated heterocycles. The molecule has 2 nitrogen and oxygen atoms in total. The first-order chi connectivity index (χ1) is 9.34. The highest BCUT2D eigenvalue weighted by atomic mass is 16.3. The van der Waals surface area contributed by atoms with Crippen molar-refractivity contribution in [3.8, 4) is 0 Å². The van der Waals surface area contributed by atoms with Crippen molar-refractivity contribution in [2.24, 2.45) is 0 Å².